The van der Waals surface area contributed by atoms with E-state index in [0.29, 0.717) is 28.7 Å². The van der Waals surface area contributed by atoms with Gasteiger partial charge in [0, 0.05) is 24.3 Å². The topological polar surface area (TPSA) is 72.6 Å². The Labute approximate surface area is 164 Å². The molecule has 138 valence electrons. The number of aromatic nitrogens is 1. The molecule has 6 nitrogen and oxygen atoms in total. The van der Waals surface area contributed by atoms with Gasteiger partial charge in [-0.25, -0.2) is 17.7 Å². The zero-order valence-electron chi connectivity index (χ0n) is 14.2. The van der Waals surface area contributed by atoms with Crippen molar-refractivity contribution < 1.29 is 17.6 Å². The van der Waals surface area contributed by atoms with Crippen LogP contribution in [0.5, 0.6) is 5.75 Å². The zero-order chi connectivity index (χ0) is 18.7. The van der Waals surface area contributed by atoms with Crippen molar-refractivity contribution in [1.82, 2.24) is 9.29 Å². The number of rotatable bonds is 7. The normalized spacial score (nSPS) is 12.0. The summed E-state index contributed by atoms with van der Waals surface area (Å²) in [5, 5.41) is 0.485. The van der Waals surface area contributed by atoms with Crippen molar-refractivity contribution in [2.45, 2.75) is 10.1 Å². The molecule has 2 aromatic carbocycles. The predicted octanol–water partition coefficient (Wildman–Crippen LogP) is 4.01. The number of hydrogen-bond donors (Lipinski definition) is 0. The molecule has 0 amide bonds. The lowest BCUT2D eigenvalue weighted by Crippen LogP contribution is -2.22. The van der Waals surface area contributed by atoms with Crippen LogP contribution in [0.3, 0.4) is 0 Å². The third kappa shape index (κ3) is 4.40. The van der Waals surface area contributed by atoms with Gasteiger partial charge < -0.3 is 9.15 Å². The van der Waals surface area contributed by atoms with Gasteiger partial charge in [-0.2, -0.15) is 0 Å². The van der Waals surface area contributed by atoms with E-state index in [1.165, 1.54) is 42.3 Å². The number of sulfonamides is 1. The third-order valence-electron chi connectivity index (χ3n) is 3.51. The molecule has 0 saturated heterocycles. The lowest BCUT2D eigenvalue weighted by atomic mass is 10.3. The first kappa shape index (κ1) is 19.2. The fourth-order valence-electron chi connectivity index (χ4n) is 2.14. The van der Waals surface area contributed by atoms with E-state index in [9.17, 15) is 8.42 Å². The van der Waals surface area contributed by atoms with E-state index >= 15 is 0 Å². The SMILES string of the molecule is CN(C)S(=O)(=O)c1ccc2oc(SCCOc3ccc(Br)cc3)nc2c1. The van der Waals surface area contributed by atoms with E-state index in [1.54, 1.807) is 6.07 Å². The second kappa shape index (κ2) is 7.99. The van der Waals surface area contributed by atoms with Crippen LogP contribution in [0.15, 0.2) is 61.5 Å². The molecule has 0 aliphatic rings. The highest BCUT2D eigenvalue weighted by molar-refractivity contribution is 9.10. The Morgan fingerprint density at radius 3 is 2.62 bits per heavy atom. The quantitative estimate of drug-likeness (QED) is 0.394. The van der Waals surface area contributed by atoms with Crippen LogP contribution in [0.1, 0.15) is 0 Å². The highest BCUT2D eigenvalue weighted by Crippen LogP contribution is 2.26. The van der Waals surface area contributed by atoms with Crippen LogP contribution in [0.25, 0.3) is 11.1 Å². The molecular weight excluding hydrogens is 440 g/mol. The number of halogens is 1. The Balaban J connectivity index is 1.63. The summed E-state index contributed by atoms with van der Waals surface area (Å²) in [5.41, 5.74) is 1.07. The highest BCUT2D eigenvalue weighted by Gasteiger charge is 2.18. The first-order valence-electron chi connectivity index (χ1n) is 7.70. The number of nitrogens with zero attached hydrogens (tertiary/aromatic N) is 2. The summed E-state index contributed by atoms with van der Waals surface area (Å²) >= 11 is 4.80. The summed E-state index contributed by atoms with van der Waals surface area (Å²) in [6.07, 6.45) is 0. The van der Waals surface area contributed by atoms with Crippen molar-refractivity contribution >= 4 is 48.8 Å². The number of oxazole rings is 1. The van der Waals surface area contributed by atoms with Gasteiger partial charge in [0.25, 0.3) is 5.22 Å². The minimum absolute atomic E-state index is 0.193. The molecule has 0 radical (unpaired) electrons. The maximum atomic E-state index is 12.2. The minimum Gasteiger partial charge on any atom is -0.493 e. The number of hydrogen-bond acceptors (Lipinski definition) is 6. The number of fused-ring (bicyclic) bond motifs is 1. The number of thioether (sulfide) groups is 1. The molecule has 0 bridgehead atoms. The Morgan fingerprint density at radius 1 is 1.19 bits per heavy atom. The molecule has 0 aliphatic carbocycles. The van der Waals surface area contributed by atoms with E-state index in [4.69, 9.17) is 9.15 Å². The Morgan fingerprint density at radius 2 is 1.92 bits per heavy atom. The molecule has 9 heteroatoms. The van der Waals surface area contributed by atoms with Crippen LogP contribution in [0, 0.1) is 0 Å². The fourth-order valence-corrected chi connectivity index (χ4v) is 3.98. The lowest BCUT2D eigenvalue weighted by Gasteiger charge is -2.10. The van der Waals surface area contributed by atoms with E-state index in [1.807, 2.05) is 24.3 Å². The fraction of sp³-hybridized carbons (Fsp3) is 0.235. The first-order chi connectivity index (χ1) is 12.4. The van der Waals surface area contributed by atoms with Gasteiger partial charge in [-0.1, -0.05) is 27.7 Å². The molecule has 0 fully saturated rings. The van der Waals surface area contributed by atoms with E-state index in [-0.39, 0.29) is 4.90 Å². The largest absolute Gasteiger partial charge is 0.493 e. The summed E-state index contributed by atoms with van der Waals surface area (Å²) in [5.74, 6) is 1.45. The van der Waals surface area contributed by atoms with Crippen LogP contribution in [-0.2, 0) is 10.0 Å². The summed E-state index contributed by atoms with van der Waals surface area (Å²) < 4.78 is 37.9. The minimum atomic E-state index is -3.49. The van der Waals surface area contributed by atoms with Crippen LogP contribution in [0.2, 0.25) is 0 Å². The molecule has 26 heavy (non-hydrogen) atoms. The van der Waals surface area contributed by atoms with Gasteiger partial charge in [-0.3, -0.25) is 0 Å². The second-order valence-corrected chi connectivity index (χ2v) is 9.66. The molecule has 1 heterocycles. The van der Waals surface area contributed by atoms with Crippen LogP contribution in [-0.4, -0.2) is 44.2 Å². The number of benzene rings is 2. The van der Waals surface area contributed by atoms with Crippen molar-refractivity contribution in [3.63, 3.8) is 0 Å². The average molecular weight is 457 g/mol. The van der Waals surface area contributed by atoms with Gasteiger partial charge in [0.15, 0.2) is 5.58 Å². The van der Waals surface area contributed by atoms with Crippen molar-refractivity contribution in [2.75, 3.05) is 26.5 Å². The Hall–Kier alpha value is -1.55. The smallest absolute Gasteiger partial charge is 0.256 e. The summed E-state index contributed by atoms with van der Waals surface area (Å²) in [6.45, 7) is 0.505. The summed E-state index contributed by atoms with van der Waals surface area (Å²) in [7, 11) is -0.502. The molecule has 1 aromatic heterocycles. The molecule has 3 aromatic rings. The van der Waals surface area contributed by atoms with Crippen LogP contribution in [0.4, 0.5) is 0 Å². The molecular formula is C17H17BrN2O4S2. The molecule has 0 saturated carbocycles. The van der Waals surface area contributed by atoms with Gasteiger partial charge in [0.05, 0.1) is 11.5 Å². The summed E-state index contributed by atoms with van der Waals surface area (Å²) in [4.78, 5) is 4.55. The van der Waals surface area contributed by atoms with Gasteiger partial charge in [0.2, 0.25) is 10.0 Å². The number of ether oxygens (including phenoxy) is 1. The summed E-state index contributed by atoms with van der Waals surface area (Å²) in [6, 6.07) is 12.3. The zero-order valence-corrected chi connectivity index (χ0v) is 17.4. The van der Waals surface area contributed by atoms with Gasteiger partial charge in [0.1, 0.15) is 11.3 Å². The monoisotopic (exact) mass is 456 g/mol. The van der Waals surface area contributed by atoms with E-state index < -0.39 is 10.0 Å². The average Bonchev–Trinajstić information content (AvgIpc) is 3.02. The van der Waals surface area contributed by atoms with Crippen LogP contribution >= 0.6 is 27.7 Å². The lowest BCUT2D eigenvalue weighted by molar-refractivity contribution is 0.343. The predicted molar refractivity (Wildman–Crippen MR) is 105 cm³/mol. The molecule has 0 N–H and O–H groups in total. The molecule has 0 aliphatic heterocycles. The van der Waals surface area contributed by atoms with Crippen molar-refractivity contribution in [1.29, 1.82) is 0 Å². The standard InChI is InChI=1S/C17H17BrN2O4S2/c1-20(2)26(21,22)14-7-8-16-15(11-14)19-17(24-16)25-10-9-23-13-5-3-12(18)4-6-13/h3-8,11H,9-10H2,1-2H3. The third-order valence-corrected chi connectivity index (χ3v) is 6.64. The van der Waals surface area contributed by atoms with E-state index in [0.717, 1.165) is 10.2 Å². The van der Waals surface area contributed by atoms with Crippen molar-refractivity contribution in [3.8, 4) is 5.75 Å². The van der Waals surface area contributed by atoms with Gasteiger partial charge in [-0.15, -0.1) is 0 Å². The Kier molecular flexibility index (Phi) is 5.91. The molecule has 3 rings (SSSR count). The van der Waals surface area contributed by atoms with Gasteiger partial charge >= 0.3 is 0 Å². The second-order valence-electron chi connectivity index (χ2n) is 5.55. The van der Waals surface area contributed by atoms with Crippen LogP contribution < -0.4 is 4.74 Å². The maximum absolute atomic E-state index is 12.2. The first-order valence-corrected chi connectivity index (χ1v) is 10.9. The maximum Gasteiger partial charge on any atom is 0.256 e. The molecule has 0 atom stereocenters. The van der Waals surface area contributed by atoms with Crippen molar-refractivity contribution in [3.05, 3.63) is 46.9 Å². The molecule has 0 unspecified atom stereocenters. The Bertz CT molecular complexity index is 1000. The van der Waals surface area contributed by atoms with E-state index in [2.05, 4.69) is 20.9 Å². The van der Waals surface area contributed by atoms with Crippen molar-refractivity contribution in [2.24, 2.45) is 0 Å². The van der Waals surface area contributed by atoms with Gasteiger partial charge in [-0.05, 0) is 42.5 Å². The highest BCUT2D eigenvalue weighted by atomic mass is 79.9. The molecule has 0 spiro atoms.